The average Bonchev–Trinajstić information content (AvgIpc) is 2.33. The molecule has 0 saturated heterocycles. The van der Waals surface area contributed by atoms with E-state index < -0.39 is 0 Å². The Bertz CT molecular complexity index is 361. The van der Waals surface area contributed by atoms with Crippen LogP contribution in [0, 0.1) is 5.92 Å². The summed E-state index contributed by atoms with van der Waals surface area (Å²) in [6.45, 7) is 12.6. The molecule has 1 heterocycles. The molecule has 0 fully saturated rings. The van der Waals surface area contributed by atoms with Crippen LogP contribution in [0.3, 0.4) is 0 Å². The van der Waals surface area contributed by atoms with Gasteiger partial charge in [-0.3, -0.25) is 0 Å². The Morgan fingerprint density at radius 2 is 1.67 bits per heavy atom. The predicted molar refractivity (Wildman–Crippen MR) is 78.2 cm³/mol. The Hall–Kier alpha value is -1.32. The van der Waals surface area contributed by atoms with E-state index in [1.807, 2.05) is 6.07 Å². The van der Waals surface area contributed by atoms with Crippen molar-refractivity contribution >= 4 is 11.6 Å². The van der Waals surface area contributed by atoms with E-state index in [-0.39, 0.29) is 0 Å². The lowest BCUT2D eigenvalue weighted by Gasteiger charge is -2.13. The SMILES string of the molecule is CCCNc1cc(NCC(C)C)nc(C(C)C)n1. The van der Waals surface area contributed by atoms with Gasteiger partial charge in [0, 0.05) is 25.1 Å². The standard InChI is InChI=1S/C14H26N4/c1-6-7-15-12-8-13(16-9-10(2)3)18-14(17-12)11(4)5/h8,10-11H,6-7,9H2,1-5H3,(H2,15,16,17,18). The fraction of sp³-hybridized carbons (Fsp3) is 0.714. The molecule has 0 amide bonds. The van der Waals surface area contributed by atoms with E-state index in [9.17, 15) is 0 Å². The molecule has 18 heavy (non-hydrogen) atoms. The van der Waals surface area contributed by atoms with Gasteiger partial charge in [-0.25, -0.2) is 9.97 Å². The van der Waals surface area contributed by atoms with Crippen LogP contribution >= 0.6 is 0 Å². The van der Waals surface area contributed by atoms with Crippen molar-refractivity contribution in [3.63, 3.8) is 0 Å². The Balaban J connectivity index is 2.83. The minimum absolute atomic E-state index is 0.341. The summed E-state index contributed by atoms with van der Waals surface area (Å²) in [4.78, 5) is 9.09. The second kappa shape index (κ2) is 7.19. The van der Waals surface area contributed by atoms with Crippen LogP contribution in [0.15, 0.2) is 6.07 Å². The molecule has 4 nitrogen and oxygen atoms in total. The quantitative estimate of drug-likeness (QED) is 0.777. The number of nitrogens with zero attached hydrogens (tertiary/aromatic N) is 2. The normalized spacial score (nSPS) is 11.1. The third kappa shape index (κ3) is 4.90. The van der Waals surface area contributed by atoms with Gasteiger partial charge in [-0.2, -0.15) is 0 Å². The summed E-state index contributed by atoms with van der Waals surface area (Å²) in [6.07, 6.45) is 1.09. The monoisotopic (exact) mass is 250 g/mol. The van der Waals surface area contributed by atoms with Crippen LogP contribution in [0.1, 0.15) is 52.8 Å². The van der Waals surface area contributed by atoms with Crippen molar-refractivity contribution in [2.24, 2.45) is 5.92 Å². The van der Waals surface area contributed by atoms with Crippen LogP contribution < -0.4 is 10.6 Å². The van der Waals surface area contributed by atoms with Crippen LogP contribution in [0.25, 0.3) is 0 Å². The summed E-state index contributed by atoms with van der Waals surface area (Å²) in [5.74, 6) is 3.67. The maximum Gasteiger partial charge on any atom is 0.135 e. The van der Waals surface area contributed by atoms with Crippen molar-refractivity contribution in [2.75, 3.05) is 23.7 Å². The highest BCUT2D eigenvalue weighted by molar-refractivity contribution is 5.47. The van der Waals surface area contributed by atoms with E-state index in [0.29, 0.717) is 11.8 Å². The molecule has 0 bridgehead atoms. The highest BCUT2D eigenvalue weighted by atomic mass is 15.1. The third-order valence-corrected chi connectivity index (χ3v) is 2.51. The topological polar surface area (TPSA) is 49.8 Å². The summed E-state index contributed by atoms with van der Waals surface area (Å²) in [7, 11) is 0. The number of hydrogen-bond donors (Lipinski definition) is 2. The molecule has 1 aromatic rings. The zero-order chi connectivity index (χ0) is 13.5. The first kappa shape index (κ1) is 14.7. The van der Waals surface area contributed by atoms with E-state index in [2.05, 4.69) is 55.2 Å². The molecule has 0 aliphatic carbocycles. The number of nitrogens with one attached hydrogen (secondary N) is 2. The zero-order valence-electron chi connectivity index (χ0n) is 12.2. The Labute approximate surface area is 111 Å². The molecular weight excluding hydrogens is 224 g/mol. The van der Waals surface area contributed by atoms with E-state index in [0.717, 1.165) is 37.0 Å². The van der Waals surface area contributed by atoms with Crippen LogP contribution in [-0.4, -0.2) is 23.1 Å². The lowest BCUT2D eigenvalue weighted by Crippen LogP contribution is -2.12. The number of aromatic nitrogens is 2. The Morgan fingerprint density at radius 3 is 2.17 bits per heavy atom. The molecular formula is C14H26N4. The Kier molecular flexibility index (Phi) is 5.89. The average molecular weight is 250 g/mol. The van der Waals surface area contributed by atoms with E-state index in [4.69, 9.17) is 0 Å². The predicted octanol–water partition coefficient (Wildman–Crippen LogP) is 3.49. The molecule has 0 radical (unpaired) electrons. The first-order valence-corrected chi connectivity index (χ1v) is 6.89. The maximum absolute atomic E-state index is 4.55. The van der Waals surface area contributed by atoms with Crippen molar-refractivity contribution in [3.8, 4) is 0 Å². The second-order valence-electron chi connectivity index (χ2n) is 5.35. The van der Waals surface area contributed by atoms with Crippen molar-refractivity contribution in [3.05, 3.63) is 11.9 Å². The van der Waals surface area contributed by atoms with E-state index >= 15 is 0 Å². The van der Waals surface area contributed by atoms with Crippen molar-refractivity contribution in [1.29, 1.82) is 0 Å². The van der Waals surface area contributed by atoms with Crippen LogP contribution in [-0.2, 0) is 0 Å². The van der Waals surface area contributed by atoms with Gasteiger partial charge in [0.15, 0.2) is 0 Å². The minimum Gasteiger partial charge on any atom is -0.370 e. The van der Waals surface area contributed by atoms with Crippen molar-refractivity contribution in [1.82, 2.24) is 9.97 Å². The summed E-state index contributed by atoms with van der Waals surface area (Å²) in [5, 5.41) is 6.69. The van der Waals surface area contributed by atoms with Gasteiger partial charge in [-0.15, -0.1) is 0 Å². The second-order valence-corrected chi connectivity index (χ2v) is 5.35. The molecule has 1 rings (SSSR count). The zero-order valence-corrected chi connectivity index (χ0v) is 12.2. The van der Waals surface area contributed by atoms with Crippen molar-refractivity contribution in [2.45, 2.75) is 47.0 Å². The summed E-state index contributed by atoms with van der Waals surface area (Å²) >= 11 is 0. The van der Waals surface area contributed by atoms with Gasteiger partial charge < -0.3 is 10.6 Å². The number of hydrogen-bond acceptors (Lipinski definition) is 4. The number of rotatable bonds is 7. The molecule has 1 aromatic heterocycles. The fourth-order valence-corrected chi connectivity index (χ4v) is 1.47. The first-order chi connectivity index (χ1) is 8.52. The minimum atomic E-state index is 0.341. The molecule has 0 aliphatic rings. The van der Waals surface area contributed by atoms with Crippen molar-refractivity contribution < 1.29 is 0 Å². The molecule has 2 N–H and O–H groups in total. The molecule has 0 saturated carbocycles. The Morgan fingerprint density at radius 1 is 1.06 bits per heavy atom. The highest BCUT2D eigenvalue weighted by Crippen LogP contribution is 2.17. The summed E-state index contributed by atoms with van der Waals surface area (Å²) < 4.78 is 0. The molecule has 0 spiro atoms. The molecule has 0 aliphatic heterocycles. The van der Waals surface area contributed by atoms with E-state index in [1.54, 1.807) is 0 Å². The van der Waals surface area contributed by atoms with Gasteiger partial charge in [0.05, 0.1) is 0 Å². The molecule has 4 heteroatoms. The van der Waals surface area contributed by atoms with Gasteiger partial charge in [-0.05, 0) is 12.3 Å². The van der Waals surface area contributed by atoms with Crippen LogP contribution in [0.5, 0.6) is 0 Å². The molecule has 0 atom stereocenters. The molecule has 0 unspecified atom stereocenters. The molecule has 102 valence electrons. The van der Waals surface area contributed by atoms with Gasteiger partial charge in [0.1, 0.15) is 17.5 Å². The van der Waals surface area contributed by atoms with Crippen LogP contribution in [0.4, 0.5) is 11.6 Å². The third-order valence-electron chi connectivity index (χ3n) is 2.51. The maximum atomic E-state index is 4.55. The lowest BCUT2D eigenvalue weighted by atomic mass is 10.2. The van der Waals surface area contributed by atoms with Gasteiger partial charge in [0.25, 0.3) is 0 Å². The van der Waals surface area contributed by atoms with Gasteiger partial charge in [-0.1, -0.05) is 34.6 Å². The van der Waals surface area contributed by atoms with E-state index in [1.165, 1.54) is 0 Å². The fourth-order valence-electron chi connectivity index (χ4n) is 1.47. The number of anilines is 2. The lowest BCUT2D eigenvalue weighted by molar-refractivity contribution is 0.684. The van der Waals surface area contributed by atoms with Gasteiger partial charge >= 0.3 is 0 Å². The smallest absolute Gasteiger partial charge is 0.135 e. The first-order valence-electron chi connectivity index (χ1n) is 6.89. The summed E-state index contributed by atoms with van der Waals surface area (Å²) in [6, 6.07) is 1.99. The highest BCUT2D eigenvalue weighted by Gasteiger charge is 2.08. The molecule has 0 aromatic carbocycles. The largest absolute Gasteiger partial charge is 0.370 e. The van der Waals surface area contributed by atoms with Gasteiger partial charge in [0.2, 0.25) is 0 Å². The summed E-state index contributed by atoms with van der Waals surface area (Å²) in [5.41, 5.74) is 0. The van der Waals surface area contributed by atoms with Crippen LogP contribution in [0.2, 0.25) is 0 Å².